The van der Waals surface area contributed by atoms with Crippen LogP contribution in [0.15, 0.2) is 54.6 Å². The Morgan fingerprint density at radius 1 is 1.03 bits per heavy atom. The lowest BCUT2D eigenvalue weighted by Crippen LogP contribution is -2.14. The number of hydrogen-bond donors (Lipinski definition) is 1. The number of rotatable bonds is 2. The molecule has 0 saturated carbocycles. The molecule has 0 aliphatic heterocycles. The minimum Gasteiger partial charge on any atom is -0.699 e. The van der Waals surface area contributed by atoms with E-state index in [1.165, 1.54) is 30.4 Å². The fraction of sp³-hybridized carbons (Fsp3) is 0.208. The first-order valence-electron chi connectivity index (χ1n) is 10.2. The zero-order valence-electron chi connectivity index (χ0n) is 17.6. The van der Waals surface area contributed by atoms with E-state index in [0.29, 0.717) is 15.8 Å². The Hall–Kier alpha value is -3.88. The predicted molar refractivity (Wildman–Crippen MR) is 118 cm³/mol. The van der Waals surface area contributed by atoms with Crippen LogP contribution in [0.4, 0.5) is 18.9 Å². The van der Waals surface area contributed by atoms with Crippen LogP contribution < -0.4 is 0 Å². The Morgan fingerprint density at radius 2 is 1.73 bits per heavy atom. The number of aromatic carboxylic acids is 1. The van der Waals surface area contributed by atoms with Crippen LogP contribution in [-0.2, 0) is 19.0 Å². The van der Waals surface area contributed by atoms with Gasteiger partial charge in [0.05, 0.1) is 5.69 Å². The predicted octanol–water partition coefficient (Wildman–Crippen LogP) is 6.28. The number of halogens is 3. The molecule has 2 aromatic carbocycles. The molecule has 5 rings (SSSR count). The molecule has 0 fully saturated rings. The lowest BCUT2D eigenvalue weighted by atomic mass is 10.1. The van der Waals surface area contributed by atoms with Crippen LogP contribution in [-0.4, -0.2) is 25.7 Å². The molecule has 4 aromatic rings. The second-order valence-corrected chi connectivity index (χ2v) is 7.83. The van der Waals surface area contributed by atoms with Crippen LogP contribution in [0.2, 0.25) is 0 Å². The number of nitrogens with one attached hydrogen (secondary N) is 1. The van der Waals surface area contributed by atoms with Crippen molar-refractivity contribution in [3.63, 3.8) is 0 Å². The number of benzene rings is 2. The Bertz CT molecular complexity index is 1330. The van der Waals surface area contributed by atoms with Gasteiger partial charge in [-0.1, -0.05) is 48.0 Å². The number of carbonyl (C=O) groups is 1. The first-order valence-corrected chi connectivity index (χ1v) is 10.2. The highest BCUT2D eigenvalue weighted by Gasteiger charge is 2.35. The van der Waals surface area contributed by atoms with Gasteiger partial charge < -0.3 is 10.8 Å². The maximum absolute atomic E-state index is 13.3. The Kier molecular flexibility index (Phi) is 5.80. The van der Waals surface area contributed by atoms with Gasteiger partial charge in [0, 0.05) is 11.6 Å². The zero-order valence-corrected chi connectivity index (χ0v) is 17.6. The Labute approximate surface area is 187 Å². The number of nitrogens with zero attached hydrogens (tertiary/aromatic N) is 3. The molecule has 170 valence electrons. The summed E-state index contributed by atoms with van der Waals surface area (Å²) >= 11 is 0. The molecule has 2 heterocycles. The molecular weight excluding hydrogens is 433 g/mol. The highest BCUT2D eigenvalue weighted by atomic mass is 19.4. The normalized spacial score (nSPS) is 12.8. The minimum absolute atomic E-state index is 0.0988. The molecular formula is C24H20F3N4O2-. The monoisotopic (exact) mass is 453 g/mol. The second-order valence-electron chi connectivity index (χ2n) is 7.83. The second kappa shape index (κ2) is 8.57. The van der Waals surface area contributed by atoms with E-state index in [0.717, 1.165) is 17.7 Å². The highest BCUT2D eigenvalue weighted by Crippen LogP contribution is 2.32. The van der Waals surface area contributed by atoms with E-state index >= 15 is 0 Å². The number of carboxylic acids is 1. The van der Waals surface area contributed by atoms with Gasteiger partial charge in [0.15, 0.2) is 17.0 Å². The molecule has 0 radical (unpaired) electrons. The average Bonchev–Trinajstić information content (AvgIpc) is 3.39. The molecule has 2 aromatic heterocycles. The summed E-state index contributed by atoms with van der Waals surface area (Å²) in [5.74, 6) is -1.42. The van der Waals surface area contributed by atoms with E-state index in [-0.39, 0.29) is 11.3 Å². The molecule has 0 atom stereocenters. The van der Waals surface area contributed by atoms with Crippen molar-refractivity contribution in [3.05, 3.63) is 88.4 Å². The third-order valence-electron chi connectivity index (χ3n) is 5.38. The summed E-state index contributed by atoms with van der Waals surface area (Å²) < 4.78 is 40.3. The summed E-state index contributed by atoms with van der Waals surface area (Å²) in [6.07, 6.45) is -1.01. The van der Waals surface area contributed by atoms with Crippen LogP contribution in [0.5, 0.6) is 0 Å². The van der Waals surface area contributed by atoms with Crippen molar-refractivity contribution >= 4 is 17.3 Å². The van der Waals surface area contributed by atoms with Gasteiger partial charge >= 0.3 is 12.1 Å². The maximum atomic E-state index is 13.3. The van der Waals surface area contributed by atoms with Gasteiger partial charge in [-0.15, -0.1) is 5.69 Å². The lowest BCUT2D eigenvalue weighted by Gasteiger charge is -2.11. The fourth-order valence-electron chi connectivity index (χ4n) is 3.72. The minimum atomic E-state index is -4.69. The van der Waals surface area contributed by atoms with Crippen molar-refractivity contribution < 1.29 is 23.1 Å². The molecule has 0 unspecified atom stereocenters. The standard InChI is InChI=1S/C15H10F3N3O2.C9H10N/c1-8-2-4-9(5-3-8)10-6-12(15(16,17)18)21-13(19-10)7-11(20-21)14(22)23;10-9-5-4-7-2-1-3-8(7)6-9/h2-7H,1H3,(H,22,23);4-6,10H,1-3H2/q;-1. The summed E-state index contributed by atoms with van der Waals surface area (Å²) in [7, 11) is 0. The third kappa shape index (κ3) is 4.82. The first-order chi connectivity index (χ1) is 15.6. The number of aryl methyl sites for hydroxylation is 3. The average molecular weight is 453 g/mol. The quantitative estimate of drug-likeness (QED) is 0.387. The molecule has 0 amide bonds. The molecule has 9 heteroatoms. The molecule has 1 aliphatic rings. The van der Waals surface area contributed by atoms with Crippen molar-refractivity contribution in [2.75, 3.05) is 0 Å². The van der Waals surface area contributed by atoms with Crippen LogP contribution in [0.25, 0.3) is 22.6 Å². The summed E-state index contributed by atoms with van der Waals surface area (Å²) in [4.78, 5) is 15.0. The summed E-state index contributed by atoms with van der Waals surface area (Å²) in [6.45, 7) is 1.86. The SMILES string of the molecule is Cc1ccc(-c2cc(C(F)(F)F)n3nc(C(=O)O)cc3n2)cc1.[NH-]c1ccc2c(c1)CCC2. The third-order valence-corrected chi connectivity index (χ3v) is 5.38. The lowest BCUT2D eigenvalue weighted by molar-refractivity contribution is -0.142. The molecule has 1 aliphatic carbocycles. The summed E-state index contributed by atoms with van der Waals surface area (Å²) in [6, 6.07) is 14.6. The van der Waals surface area contributed by atoms with E-state index in [4.69, 9.17) is 10.8 Å². The van der Waals surface area contributed by atoms with Crippen molar-refractivity contribution in [2.45, 2.75) is 32.4 Å². The van der Waals surface area contributed by atoms with Gasteiger partial charge in [-0.3, -0.25) is 0 Å². The molecule has 0 spiro atoms. The topological polar surface area (TPSA) is 91.3 Å². The van der Waals surface area contributed by atoms with Crippen LogP contribution >= 0.6 is 0 Å². The zero-order chi connectivity index (χ0) is 23.8. The summed E-state index contributed by atoms with van der Waals surface area (Å²) in [5, 5.41) is 12.4. The van der Waals surface area contributed by atoms with Crippen LogP contribution in [0, 0.1) is 6.92 Å². The van der Waals surface area contributed by atoms with Crippen molar-refractivity contribution in [3.8, 4) is 11.3 Å². The van der Waals surface area contributed by atoms with Gasteiger partial charge in [-0.05, 0) is 43.4 Å². The molecule has 33 heavy (non-hydrogen) atoms. The van der Waals surface area contributed by atoms with Crippen LogP contribution in [0.1, 0.15) is 39.3 Å². The molecule has 0 saturated heterocycles. The van der Waals surface area contributed by atoms with Gasteiger partial charge in [-0.25, -0.2) is 14.3 Å². The smallest absolute Gasteiger partial charge is 0.433 e. The van der Waals surface area contributed by atoms with Gasteiger partial charge in [-0.2, -0.15) is 18.3 Å². The molecule has 6 nitrogen and oxygen atoms in total. The number of aromatic nitrogens is 3. The van der Waals surface area contributed by atoms with Crippen molar-refractivity contribution in [1.82, 2.24) is 14.6 Å². The van der Waals surface area contributed by atoms with Gasteiger partial charge in [0.2, 0.25) is 0 Å². The Morgan fingerprint density at radius 3 is 2.39 bits per heavy atom. The van der Waals surface area contributed by atoms with E-state index < -0.39 is 23.5 Å². The van der Waals surface area contributed by atoms with E-state index in [1.807, 2.05) is 19.1 Å². The first kappa shape index (κ1) is 22.3. The fourth-order valence-corrected chi connectivity index (χ4v) is 3.72. The molecule has 2 N–H and O–H groups in total. The largest absolute Gasteiger partial charge is 0.699 e. The number of hydrogen-bond acceptors (Lipinski definition) is 3. The number of fused-ring (bicyclic) bond motifs is 2. The summed E-state index contributed by atoms with van der Waals surface area (Å²) in [5.41, 5.74) is 10.7. The van der Waals surface area contributed by atoms with Crippen molar-refractivity contribution in [1.29, 1.82) is 0 Å². The van der Waals surface area contributed by atoms with Crippen LogP contribution in [0.3, 0.4) is 0 Å². The Balaban J connectivity index is 0.000000214. The van der Waals surface area contributed by atoms with E-state index in [9.17, 15) is 18.0 Å². The van der Waals surface area contributed by atoms with E-state index in [2.05, 4.69) is 16.1 Å². The van der Waals surface area contributed by atoms with E-state index in [1.54, 1.807) is 24.3 Å². The highest BCUT2D eigenvalue weighted by molar-refractivity contribution is 5.86. The van der Waals surface area contributed by atoms with Crippen molar-refractivity contribution in [2.24, 2.45) is 0 Å². The number of alkyl halides is 3. The maximum Gasteiger partial charge on any atom is 0.433 e. The van der Waals surface area contributed by atoms with Gasteiger partial charge in [0.25, 0.3) is 0 Å². The molecule has 0 bridgehead atoms. The van der Waals surface area contributed by atoms with Gasteiger partial charge in [0.1, 0.15) is 0 Å². The number of carboxylic acid groups (broad SMARTS) is 1.